The van der Waals surface area contributed by atoms with Gasteiger partial charge in [0.1, 0.15) is 0 Å². The first-order valence-electron chi connectivity index (χ1n) is 11.0. The summed E-state index contributed by atoms with van der Waals surface area (Å²) in [5.74, 6) is 2.59. The van der Waals surface area contributed by atoms with Crippen LogP contribution in [0.1, 0.15) is 56.7 Å². The molecule has 2 heterocycles. The Balaban J connectivity index is 1.29. The summed E-state index contributed by atoms with van der Waals surface area (Å²) in [7, 11) is 0. The van der Waals surface area contributed by atoms with Crippen molar-refractivity contribution in [1.29, 1.82) is 0 Å². The summed E-state index contributed by atoms with van der Waals surface area (Å²) in [5.41, 5.74) is 4.65. The van der Waals surface area contributed by atoms with E-state index in [1.165, 1.54) is 24.8 Å². The van der Waals surface area contributed by atoms with Crippen molar-refractivity contribution in [2.45, 2.75) is 71.7 Å². The quantitative estimate of drug-likeness (QED) is 0.743. The van der Waals surface area contributed by atoms with Gasteiger partial charge in [-0.25, -0.2) is 0 Å². The van der Waals surface area contributed by atoms with Crippen molar-refractivity contribution >= 4 is 0 Å². The van der Waals surface area contributed by atoms with E-state index in [9.17, 15) is 0 Å². The Kier molecular flexibility index (Phi) is 6.21. The summed E-state index contributed by atoms with van der Waals surface area (Å²) < 4.78 is 17.8. The molecule has 1 aliphatic carbocycles. The van der Waals surface area contributed by atoms with E-state index in [2.05, 4.69) is 39.0 Å². The highest BCUT2D eigenvalue weighted by Crippen LogP contribution is 2.33. The lowest BCUT2D eigenvalue weighted by Gasteiger charge is -2.36. The van der Waals surface area contributed by atoms with Gasteiger partial charge in [-0.15, -0.1) is 0 Å². The summed E-state index contributed by atoms with van der Waals surface area (Å²) >= 11 is 0. The molecule has 2 saturated heterocycles. The van der Waals surface area contributed by atoms with E-state index >= 15 is 0 Å². The van der Waals surface area contributed by atoms with E-state index in [4.69, 9.17) is 14.2 Å². The first-order chi connectivity index (χ1) is 13.1. The summed E-state index contributed by atoms with van der Waals surface area (Å²) in [4.78, 5) is 0. The van der Waals surface area contributed by atoms with Crippen LogP contribution >= 0.6 is 0 Å². The molecule has 2 aliphatic heterocycles. The van der Waals surface area contributed by atoms with Crippen molar-refractivity contribution in [2.24, 2.45) is 23.7 Å². The van der Waals surface area contributed by atoms with Crippen LogP contribution in [-0.4, -0.2) is 32.2 Å². The van der Waals surface area contributed by atoms with Crippen molar-refractivity contribution in [3.8, 4) is 0 Å². The average molecular weight is 373 g/mol. The molecule has 0 spiro atoms. The Bertz CT molecular complexity index is 620. The van der Waals surface area contributed by atoms with Crippen molar-refractivity contribution in [1.82, 2.24) is 0 Å². The third kappa shape index (κ3) is 4.93. The third-order valence-electron chi connectivity index (χ3n) is 6.74. The van der Waals surface area contributed by atoms with Gasteiger partial charge >= 0.3 is 0 Å². The molecule has 2 fully saturated rings. The predicted molar refractivity (Wildman–Crippen MR) is 108 cm³/mol. The minimum absolute atomic E-state index is 0.00213. The molecule has 1 aromatic rings. The van der Waals surface area contributed by atoms with Gasteiger partial charge in [-0.3, -0.25) is 0 Å². The zero-order chi connectivity index (χ0) is 18.8. The summed E-state index contributed by atoms with van der Waals surface area (Å²) in [6.45, 7) is 9.36. The monoisotopic (exact) mass is 372 g/mol. The summed E-state index contributed by atoms with van der Waals surface area (Å²) in [6.07, 6.45) is 7.41. The van der Waals surface area contributed by atoms with Crippen molar-refractivity contribution in [2.75, 3.05) is 19.8 Å². The first kappa shape index (κ1) is 19.4. The van der Waals surface area contributed by atoms with E-state index in [1.807, 2.05) is 0 Å². The molecule has 27 heavy (non-hydrogen) atoms. The van der Waals surface area contributed by atoms with Gasteiger partial charge in [0, 0.05) is 12.5 Å². The Morgan fingerprint density at radius 2 is 1.63 bits per heavy atom. The number of fused-ring (bicyclic) bond motifs is 1. The van der Waals surface area contributed by atoms with Crippen LogP contribution in [0.25, 0.3) is 0 Å². The zero-order valence-corrected chi connectivity index (χ0v) is 17.3. The smallest absolute Gasteiger partial charge is 0.157 e. The van der Waals surface area contributed by atoms with E-state index < -0.39 is 0 Å². The highest BCUT2D eigenvalue weighted by atomic mass is 16.7. The predicted octanol–water partition coefficient (Wildman–Crippen LogP) is 4.79. The van der Waals surface area contributed by atoms with E-state index in [0.717, 1.165) is 45.0 Å². The standard InChI is InChI=1S/C24H36O3/c1-16-8-21-6-4-19(11-23(21)9-16)10-22-12-20(15-25-18(22)3)5-7-24-26-13-17(2)14-27-24/h4,6,11,16-18,20,22,24H,5,7-10,12-15H2,1-3H3. The number of hydrogen-bond donors (Lipinski definition) is 0. The largest absolute Gasteiger partial charge is 0.378 e. The zero-order valence-electron chi connectivity index (χ0n) is 17.3. The van der Waals surface area contributed by atoms with E-state index in [-0.39, 0.29) is 6.29 Å². The molecule has 4 rings (SSSR count). The molecule has 1 aromatic carbocycles. The second kappa shape index (κ2) is 8.63. The number of ether oxygens (including phenoxy) is 3. The molecular formula is C24H36O3. The van der Waals surface area contributed by atoms with Gasteiger partial charge in [0.15, 0.2) is 6.29 Å². The molecule has 3 nitrogen and oxygen atoms in total. The van der Waals surface area contributed by atoms with Crippen LogP contribution in [-0.2, 0) is 33.5 Å². The Hall–Kier alpha value is -0.900. The molecule has 150 valence electrons. The summed E-state index contributed by atoms with van der Waals surface area (Å²) in [5, 5.41) is 0. The fourth-order valence-electron chi connectivity index (χ4n) is 5.06. The molecule has 4 unspecified atom stereocenters. The van der Waals surface area contributed by atoms with Gasteiger partial charge in [0.2, 0.25) is 0 Å². The van der Waals surface area contributed by atoms with Crippen LogP contribution < -0.4 is 0 Å². The molecule has 0 saturated carbocycles. The van der Waals surface area contributed by atoms with Crippen LogP contribution in [0.4, 0.5) is 0 Å². The second-order valence-corrected chi connectivity index (χ2v) is 9.50. The van der Waals surface area contributed by atoms with Gasteiger partial charge in [0.25, 0.3) is 0 Å². The van der Waals surface area contributed by atoms with Crippen molar-refractivity contribution < 1.29 is 14.2 Å². The maximum Gasteiger partial charge on any atom is 0.157 e. The van der Waals surface area contributed by atoms with Gasteiger partial charge in [-0.05, 0) is 79.9 Å². The number of rotatable bonds is 5. The molecule has 0 radical (unpaired) electrons. The van der Waals surface area contributed by atoms with Gasteiger partial charge < -0.3 is 14.2 Å². The number of benzene rings is 1. The number of hydrogen-bond acceptors (Lipinski definition) is 3. The topological polar surface area (TPSA) is 27.7 Å². The second-order valence-electron chi connectivity index (χ2n) is 9.50. The Morgan fingerprint density at radius 3 is 2.44 bits per heavy atom. The van der Waals surface area contributed by atoms with Crippen LogP contribution in [0.5, 0.6) is 0 Å². The van der Waals surface area contributed by atoms with Crippen molar-refractivity contribution in [3.63, 3.8) is 0 Å². The minimum atomic E-state index is -0.00213. The summed E-state index contributed by atoms with van der Waals surface area (Å²) in [6, 6.07) is 7.21. The van der Waals surface area contributed by atoms with Crippen LogP contribution in [0.3, 0.4) is 0 Å². The highest BCUT2D eigenvalue weighted by Gasteiger charge is 2.30. The third-order valence-corrected chi connectivity index (χ3v) is 6.74. The lowest BCUT2D eigenvalue weighted by Crippen LogP contribution is -2.35. The van der Waals surface area contributed by atoms with Crippen LogP contribution in [0.2, 0.25) is 0 Å². The van der Waals surface area contributed by atoms with Crippen LogP contribution in [0.15, 0.2) is 18.2 Å². The van der Waals surface area contributed by atoms with Crippen LogP contribution in [0, 0.1) is 23.7 Å². The molecule has 4 atom stereocenters. The molecule has 3 heteroatoms. The fraction of sp³-hybridized carbons (Fsp3) is 0.750. The minimum Gasteiger partial charge on any atom is -0.378 e. The lowest BCUT2D eigenvalue weighted by molar-refractivity contribution is -0.202. The first-order valence-corrected chi connectivity index (χ1v) is 11.0. The Labute approximate surface area is 164 Å². The van der Waals surface area contributed by atoms with Gasteiger partial charge in [0.05, 0.1) is 19.3 Å². The molecule has 0 bridgehead atoms. The van der Waals surface area contributed by atoms with Gasteiger partial charge in [-0.1, -0.05) is 32.0 Å². The molecule has 3 aliphatic rings. The van der Waals surface area contributed by atoms with Crippen molar-refractivity contribution in [3.05, 3.63) is 34.9 Å². The van der Waals surface area contributed by atoms with Gasteiger partial charge in [-0.2, -0.15) is 0 Å². The highest BCUT2D eigenvalue weighted by molar-refractivity contribution is 5.36. The van der Waals surface area contributed by atoms with E-state index in [1.54, 1.807) is 11.1 Å². The Morgan fingerprint density at radius 1 is 0.852 bits per heavy atom. The molecule has 0 N–H and O–H groups in total. The lowest BCUT2D eigenvalue weighted by atomic mass is 9.82. The maximum atomic E-state index is 6.16. The van der Waals surface area contributed by atoms with E-state index in [0.29, 0.717) is 23.9 Å². The molecular weight excluding hydrogens is 336 g/mol. The average Bonchev–Trinajstić information content (AvgIpc) is 3.03. The normalized spacial score (nSPS) is 36.6. The molecule has 0 aromatic heterocycles. The SMILES string of the molecule is CC1COC(CCC2COC(C)C(Cc3ccc4c(c3)CC(C)C4)C2)OC1. The maximum absolute atomic E-state index is 6.16. The molecule has 0 amide bonds. The fourth-order valence-corrected chi connectivity index (χ4v) is 5.06.